The number of rotatable bonds is 6. The van der Waals surface area contributed by atoms with E-state index in [-0.39, 0.29) is 12.5 Å². The molecule has 1 aromatic rings. The van der Waals surface area contributed by atoms with Crippen LogP contribution in [0, 0.1) is 0 Å². The Balaban J connectivity index is 2.11. The van der Waals surface area contributed by atoms with E-state index in [9.17, 15) is 4.79 Å². The van der Waals surface area contributed by atoms with E-state index in [2.05, 4.69) is 9.88 Å². The number of aliphatic hydroxyl groups is 1. The lowest BCUT2D eigenvalue weighted by Crippen LogP contribution is -2.35. The zero-order chi connectivity index (χ0) is 14.4. The highest BCUT2D eigenvalue weighted by Gasteiger charge is 2.22. The van der Waals surface area contributed by atoms with Crippen LogP contribution in [0.25, 0.3) is 0 Å². The smallest absolute Gasteiger partial charge is 0.270 e. The maximum absolute atomic E-state index is 12.6. The van der Waals surface area contributed by atoms with Gasteiger partial charge in [0.1, 0.15) is 5.69 Å². The van der Waals surface area contributed by atoms with Crippen LogP contribution >= 0.6 is 0 Å². The van der Waals surface area contributed by atoms with Crippen molar-refractivity contribution in [1.82, 2.24) is 14.8 Å². The first kappa shape index (κ1) is 15.1. The van der Waals surface area contributed by atoms with Gasteiger partial charge >= 0.3 is 0 Å². The Morgan fingerprint density at radius 1 is 1.50 bits per heavy atom. The van der Waals surface area contributed by atoms with Crippen molar-refractivity contribution in [3.05, 3.63) is 24.0 Å². The fourth-order valence-corrected chi connectivity index (χ4v) is 2.81. The number of nitrogens with zero attached hydrogens (tertiary/aromatic N) is 2. The number of aliphatic hydroxyl groups excluding tert-OH is 1. The molecule has 0 spiro atoms. The highest BCUT2D eigenvalue weighted by atomic mass is 16.3. The Hall–Kier alpha value is -1.33. The molecule has 0 aromatic carbocycles. The SMILES string of the molecule is CCN(CCCO)C(=O)c1cccn1C1CCNCC1. The van der Waals surface area contributed by atoms with Gasteiger partial charge in [0.25, 0.3) is 5.91 Å². The molecule has 1 saturated heterocycles. The molecule has 0 radical (unpaired) electrons. The second-order valence-corrected chi connectivity index (χ2v) is 5.24. The summed E-state index contributed by atoms with van der Waals surface area (Å²) < 4.78 is 2.13. The fraction of sp³-hybridized carbons (Fsp3) is 0.667. The van der Waals surface area contributed by atoms with Gasteiger partial charge in [-0.15, -0.1) is 0 Å². The molecule has 1 aromatic heterocycles. The van der Waals surface area contributed by atoms with E-state index < -0.39 is 0 Å². The topological polar surface area (TPSA) is 57.5 Å². The molecule has 0 saturated carbocycles. The number of hydrogen-bond donors (Lipinski definition) is 2. The van der Waals surface area contributed by atoms with Crippen molar-refractivity contribution >= 4 is 5.91 Å². The van der Waals surface area contributed by atoms with Gasteiger partial charge in [-0.3, -0.25) is 4.79 Å². The first-order valence-corrected chi connectivity index (χ1v) is 7.55. The van der Waals surface area contributed by atoms with Gasteiger partial charge < -0.3 is 19.9 Å². The third-order valence-electron chi connectivity index (χ3n) is 3.96. The lowest BCUT2D eigenvalue weighted by Gasteiger charge is -2.28. The summed E-state index contributed by atoms with van der Waals surface area (Å²) in [7, 11) is 0. The van der Waals surface area contributed by atoms with Gasteiger partial charge in [0.05, 0.1) is 0 Å². The molecule has 0 bridgehead atoms. The number of carbonyl (C=O) groups excluding carboxylic acids is 1. The average molecular weight is 279 g/mol. The molecule has 2 N–H and O–H groups in total. The minimum absolute atomic E-state index is 0.0736. The monoisotopic (exact) mass is 279 g/mol. The summed E-state index contributed by atoms with van der Waals surface area (Å²) in [4.78, 5) is 14.4. The molecule has 5 nitrogen and oxygen atoms in total. The summed E-state index contributed by atoms with van der Waals surface area (Å²) in [6.07, 6.45) is 4.78. The van der Waals surface area contributed by atoms with Crippen molar-refractivity contribution < 1.29 is 9.90 Å². The Bertz CT molecular complexity index is 425. The van der Waals surface area contributed by atoms with Gasteiger partial charge in [-0.1, -0.05) is 0 Å². The normalized spacial score (nSPS) is 16.3. The van der Waals surface area contributed by atoms with Crippen molar-refractivity contribution in [2.75, 3.05) is 32.8 Å². The summed E-state index contributed by atoms with van der Waals surface area (Å²) in [5.74, 6) is 0.0736. The van der Waals surface area contributed by atoms with Gasteiger partial charge in [0.15, 0.2) is 0 Å². The van der Waals surface area contributed by atoms with Crippen molar-refractivity contribution in [3.63, 3.8) is 0 Å². The highest BCUT2D eigenvalue weighted by molar-refractivity contribution is 5.92. The number of aromatic nitrogens is 1. The minimum Gasteiger partial charge on any atom is -0.396 e. The van der Waals surface area contributed by atoms with Crippen molar-refractivity contribution in [2.24, 2.45) is 0 Å². The highest BCUT2D eigenvalue weighted by Crippen LogP contribution is 2.22. The summed E-state index contributed by atoms with van der Waals surface area (Å²) in [5.41, 5.74) is 0.775. The molecule has 1 aliphatic rings. The molecule has 0 aliphatic carbocycles. The molecule has 2 rings (SSSR count). The van der Waals surface area contributed by atoms with Crippen LogP contribution in [0.1, 0.15) is 42.7 Å². The molecule has 1 aliphatic heterocycles. The minimum atomic E-state index is 0.0736. The Morgan fingerprint density at radius 3 is 2.90 bits per heavy atom. The molecule has 0 atom stereocenters. The first-order chi connectivity index (χ1) is 9.77. The van der Waals surface area contributed by atoms with Crippen LogP contribution in [0.4, 0.5) is 0 Å². The van der Waals surface area contributed by atoms with E-state index in [4.69, 9.17) is 5.11 Å². The zero-order valence-electron chi connectivity index (χ0n) is 12.2. The van der Waals surface area contributed by atoms with E-state index in [0.29, 0.717) is 25.6 Å². The number of amides is 1. The van der Waals surface area contributed by atoms with Gasteiger partial charge in [-0.2, -0.15) is 0 Å². The average Bonchev–Trinajstić information content (AvgIpc) is 2.98. The molecule has 1 fully saturated rings. The fourth-order valence-electron chi connectivity index (χ4n) is 2.81. The second kappa shape index (κ2) is 7.45. The second-order valence-electron chi connectivity index (χ2n) is 5.24. The molecule has 5 heteroatoms. The van der Waals surface area contributed by atoms with Crippen LogP contribution < -0.4 is 5.32 Å². The number of piperidine rings is 1. The molecule has 2 heterocycles. The number of nitrogens with one attached hydrogen (secondary N) is 1. The molecule has 20 heavy (non-hydrogen) atoms. The number of hydrogen-bond acceptors (Lipinski definition) is 3. The summed E-state index contributed by atoms with van der Waals surface area (Å²) in [6, 6.07) is 4.28. The van der Waals surface area contributed by atoms with Crippen molar-refractivity contribution in [3.8, 4) is 0 Å². The number of carbonyl (C=O) groups is 1. The largest absolute Gasteiger partial charge is 0.396 e. The van der Waals surface area contributed by atoms with Crippen LogP contribution in [-0.4, -0.2) is 53.3 Å². The predicted octanol–water partition coefficient (Wildman–Crippen LogP) is 1.26. The van der Waals surface area contributed by atoms with Gasteiger partial charge in [-0.05, 0) is 51.4 Å². The van der Waals surface area contributed by atoms with E-state index >= 15 is 0 Å². The quantitative estimate of drug-likeness (QED) is 0.824. The summed E-state index contributed by atoms with van der Waals surface area (Å²) in [6.45, 7) is 5.42. The Labute approximate surface area is 120 Å². The zero-order valence-corrected chi connectivity index (χ0v) is 12.2. The molecule has 112 valence electrons. The van der Waals surface area contributed by atoms with Gasteiger partial charge in [0.2, 0.25) is 0 Å². The maximum Gasteiger partial charge on any atom is 0.270 e. The van der Waals surface area contributed by atoms with Gasteiger partial charge in [0, 0.05) is 31.9 Å². The van der Waals surface area contributed by atoms with Crippen LogP contribution in [0.5, 0.6) is 0 Å². The third kappa shape index (κ3) is 3.41. The lowest BCUT2D eigenvalue weighted by atomic mass is 10.1. The third-order valence-corrected chi connectivity index (χ3v) is 3.96. The Morgan fingerprint density at radius 2 is 2.25 bits per heavy atom. The maximum atomic E-state index is 12.6. The van der Waals surface area contributed by atoms with Crippen LogP contribution in [0.15, 0.2) is 18.3 Å². The molecule has 0 unspecified atom stereocenters. The van der Waals surface area contributed by atoms with Crippen LogP contribution in [-0.2, 0) is 0 Å². The Kier molecular flexibility index (Phi) is 5.61. The van der Waals surface area contributed by atoms with E-state index in [1.807, 2.05) is 30.2 Å². The molecular formula is C15H25N3O2. The predicted molar refractivity (Wildman–Crippen MR) is 78.9 cm³/mol. The van der Waals surface area contributed by atoms with Crippen LogP contribution in [0.3, 0.4) is 0 Å². The summed E-state index contributed by atoms with van der Waals surface area (Å²) in [5, 5.41) is 12.3. The lowest BCUT2D eigenvalue weighted by molar-refractivity contribution is 0.0739. The summed E-state index contributed by atoms with van der Waals surface area (Å²) >= 11 is 0. The van der Waals surface area contributed by atoms with Crippen LogP contribution in [0.2, 0.25) is 0 Å². The van der Waals surface area contributed by atoms with Crippen molar-refractivity contribution in [1.29, 1.82) is 0 Å². The standard InChI is InChI=1S/C15H25N3O2/c1-2-17(10-4-12-19)15(20)14-5-3-11-18(14)13-6-8-16-9-7-13/h3,5,11,13,16,19H,2,4,6-10,12H2,1H3. The molecule has 1 amide bonds. The first-order valence-electron chi connectivity index (χ1n) is 7.55. The van der Waals surface area contributed by atoms with Crippen molar-refractivity contribution in [2.45, 2.75) is 32.2 Å². The van der Waals surface area contributed by atoms with E-state index in [1.54, 1.807) is 0 Å². The van der Waals surface area contributed by atoms with Gasteiger partial charge in [-0.25, -0.2) is 0 Å². The molecular weight excluding hydrogens is 254 g/mol. The van der Waals surface area contributed by atoms with E-state index in [0.717, 1.165) is 31.6 Å². The van der Waals surface area contributed by atoms with E-state index in [1.165, 1.54) is 0 Å².